The van der Waals surface area contributed by atoms with E-state index in [1.54, 1.807) is 6.92 Å². The van der Waals surface area contributed by atoms with Gasteiger partial charge in [0.15, 0.2) is 5.43 Å². The fourth-order valence-corrected chi connectivity index (χ4v) is 3.13. The highest BCUT2D eigenvalue weighted by Crippen LogP contribution is 2.41. The fourth-order valence-electron chi connectivity index (χ4n) is 3.13. The van der Waals surface area contributed by atoms with Gasteiger partial charge in [-0.05, 0) is 45.8 Å². The number of phenolic OH excluding ortho intramolecular Hbond substituents is 2. The van der Waals surface area contributed by atoms with Crippen LogP contribution in [-0.2, 0) is 0 Å². The predicted octanol–water partition coefficient (Wildman–Crippen LogP) is 2.32. The monoisotopic (exact) mass is 289 g/mol. The van der Waals surface area contributed by atoms with Crippen LogP contribution in [0.25, 0.3) is 11.0 Å². The van der Waals surface area contributed by atoms with Crippen LogP contribution in [0, 0.1) is 6.92 Å². The van der Waals surface area contributed by atoms with E-state index in [1.165, 1.54) is 12.1 Å². The molecule has 2 aromatic rings. The average Bonchev–Trinajstić information content (AvgIpc) is 2.39. The Balaban J connectivity index is 2.24. The second-order valence-corrected chi connectivity index (χ2v) is 5.83. The van der Waals surface area contributed by atoms with E-state index in [2.05, 4.69) is 11.9 Å². The van der Waals surface area contributed by atoms with Gasteiger partial charge in [0.25, 0.3) is 0 Å². The Morgan fingerprint density at radius 2 is 1.86 bits per heavy atom. The molecule has 1 aliphatic heterocycles. The van der Waals surface area contributed by atoms with Crippen molar-refractivity contribution in [1.82, 2.24) is 4.90 Å². The molecule has 2 N–H and O–H groups in total. The van der Waals surface area contributed by atoms with Crippen molar-refractivity contribution in [1.29, 1.82) is 0 Å². The quantitative estimate of drug-likeness (QED) is 0.843. The van der Waals surface area contributed by atoms with Gasteiger partial charge in [-0.2, -0.15) is 0 Å². The summed E-state index contributed by atoms with van der Waals surface area (Å²) in [6.07, 6.45) is 1.78. The minimum atomic E-state index is -0.277. The van der Waals surface area contributed by atoms with Gasteiger partial charge in [-0.25, -0.2) is 0 Å². The standard InChI is InChI=1S/C16H19NO4/c1-9-7-11(18)15-13(20)8-12(19)14(16(15)21-9)10-3-5-17(2)6-4-10/h7-8,10,19-20H,3-6H2,1-2H3. The number of hydrogen-bond donors (Lipinski definition) is 2. The van der Waals surface area contributed by atoms with Crippen LogP contribution >= 0.6 is 0 Å². The Morgan fingerprint density at radius 1 is 1.19 bits per heavy atom. The summed E-state index contributed by atoms with van der Waals surface area (Å²) in [5, 5.41) is 20.4. The number of fused-ring (bicyclic) bond motifs is 1. The number of aromatic hydroxyl groups is 2. The lowest BCUT2D eigenvalue weighted by Crippen LogP contribution is -2.29. The lowest BCUT2D eigenvalue weighted by Gasteiger charge is -2.29. The first-order valence-electron chi connectivity index (χ1n) is 7.15. The van der Waals surface area contributed by atoms with Crippen molar-refractivity contribution in [2.45, 2.75) is 25.7 Å². The lowest BCUT2D eigenvalue weighted by molar-refractivity contribution is 0.253. The van der Waals surface area contributed by atoms with Crippen LogP contribution in [0.1, 0.15) is 30.1 Å². The molecule has 0 bridgehead atoms. The highest BCUT2D eigenvalue weighted by atomic mass is 16.3. The number of phenols is 2. The predicted molar refractivity (Wildman–Crippen MR) is 80.0 cm³/mol. The Bertz CT molecular complexity index is 742. The van der Waals surface area contributed by atoms with Gasteiger partial charge in [0.05, 0.1) is 0 Å². The molecular weight excluding hydrogens is 270 g/mol. The van der Waals surface area contributed by atoms with Crippen LogP contribution in [0.4, 0.5) is 0 Å². The minimum Gasteiger partial charge on any atom is -0.507 e. The molecule has 21 heavy (non-hydrogen) atoms. The molecule has 2 heterocycles. The molecule has 0 aliphatic carbocycles. The number of likely N-dealkylation sites (tertiary alicyclic amines) is 1. The number of aryl methyl sites for hydroxylation is 1. The molecule has 0 unspecified atom stereocenters. The molecule has 1 aliphatic rings. The summed E-state index contributed by atoms with van der Waals surface area (Å²) < 4.78 is 5.68. The van der Waals surface area contributed by atoms with Crippen molar-refractivity contribution in [2.75, 3.05) is 20.1 Å². The first-order valence-corrected chi connectivity index (χ1v) is 7.15. The first-order chi connectivity index (χ1) is 9.97. The van der Waals surface area contributed by atoms with Crippen LogP contribution in [-0.4, -0.2) is 35.3 Å². The number of nitrogens with zero attached hydrogens (tertiary/aromatic N) is 1. The average molecular weight is 289 g/mol. The maximum absolute atomic E-state index is 12.1. The second-order valence-electron chi connectivity index (χ2n) is 5.83. The third-order valence-corrected chi connectivity index (χ3v) is 4.25. The van der Waals surface area contributed by atoms with Gasteiger partial charge in [0, 0.05) is 17.7 Å². The van der Waals surface area contributed by atoms with Gasteiger partial charge >= 0.3 is 0 Å². The molecule has 112 valence electrons. The van der Waals surface area contributed by atoms with Crippen LogP contribution < -0.4 is 5.43 Å². The molecule has 0 saturated carbocycles. The van der Waals surface area contributed by atoms with E-state index in [9.17, 15) is 15.0 Å². The fraction of sp³-hybridized carbons (Fsp3) is 0.438. The molecule has 0 atom stereocenters. The van der Waals surface area contributed by atoms with Crippen molar-refractivity contribution in [2.24, 2.45) is 0 Å². The zero-order valence-corrected chi connectivity index (χ0v) is 12.2. The van der Waals surface area contributed by atoms with E-state index in [1.807, 2.05) is 0 Å². The van der Waals surface area contributed by atoms with Crippen molar-refractivity contribution in [3.8, 4) is 11.5 Å². The molecular formula is C16H19NO4. The topological polar surface area (TPSA) is 73.9 Å². The van der Waals surface area contributed by atoms with Gasteiger partial charge in [-0.3, -0.25) is 4.79 Å². The van der Waals surface area contributed by atoms with Gasteiger partial charge in [0.1, 0.15) is 28.2 Å². The van der Waals surface area contributed by atoms with E-state index < -0.39 is 0 Å². The summed E-state index contributed by atoms with van der Waals surface area (Å²) in [5.41, 5.74) is 0.698. The molecule has 1 saturated heterocycles. The van der Waals surface area contributed by atoms with Gasteiger partial charge in [0.2, 0.25) is 0 Å². The summed E-state index contributed by atoms with van der Waals surface area (Å²) in [4.78, 5) is 14.3. The van der Waals surface area contributed by atoms with E-state index in [4.69, 9.17) is 4.42 Å². The minimum absolute atomic E-state index is 0.00306. The molecule has 5 nitrogen and oxygen atoms in total. The Labute approximate surface area is 122 Å². The Morgan fingerprint density at radius 3 is 2.52 bits per heavy atom. The number of benzene rings is 1. The summed E-state index contributed by atoms with van der Waals surface area (Å²) in [6.45, 7) is 3.56. The van der Waals surface area contributed by atoms with Gasteiger partial charge < -0.3 is 19.5 Å². The van der Waals surface area contributed by atoms with Gasteiger partial charge in [-0.15, -0.1) is 0 Å². The van der Waals surface area contributed by atoms with Gasteiger partial charge in [-0.1, -0.05) is 0 Å². The molecule has 0 spiro atoms. The molecule has 1 aromatic heterocycles. The summed E-state index contributed by atoms with van der Waals surface area (Å²) in [6, 6.07) is 2.61. The van der Waals surface area contributed by atoms with E-state index in [0.29, 0.717) is 16.9 Å². The maximum Gasteiger partial charge on any atom is 0.196 e. The van der Waals surface area contributed by atoms with Crippen LogP contribution in [0.2, 0.25) is 0 Å². The third kappa shape index (κ3) is 2.38. The van der Waals surface area contributed by atoms with E-state index >= 15 is 0 Å². The normalized spacial score (nSPS) is 17.4. The first kappa shape index (κ1) is 13.9. The molecule has 5 heteroatoms. The summed E-state index contributed by atoms with van der Waals surface area (Å²) >= 11 is 0. The largest absolute Gasteiger partial charge is 0.507 e. The lowest BCUT2D eigenvalue weighted by atomic mass is 9.87. The van der Waals surface area contributed by atoms with Crippen molar-refractivity contribution >= 4 is 11.0 Å². The zero-order chi connectivity index (χ0) is 15.1. The molecule has 0 amide bonds. The maximum atomic E-state index is 12.1. The van der Waals surface area contributed by atoms with Crippen molar-refractivity contribution in [3.63, 3.8) is 0 Å². The molecule has 1 aromatic carbocycles. The van der Waals surface area contributed by atoms with Crippen LogP contribution in [0.3, 0.4) is 0 Å². The molecule has 3 rings (SSSR count). The Hall–Kier alpha value is -2.01. The SMILES string of the molecule is Cc1cc(=O)c2c(O)cc(O)c(C3CCN(C)CC3)c2o1. The summed E-state index contributed by atoms with van der Waals surface area (Å²) in [7, 11) is 2.06. The highest BCUT2D eigenvalue weighted by Gasteiger charge is 2.26. The number of piperidine rings is 1. The second kappa shape index (κ2) is 5.07. The smallest absolute Gasteiger partial charge is 0.196 e. The van der Waals surface area contributed by atoms with E-state index in [0.717, 1.165) is 25.9 Å². The summed E-state index contributed by atoms with van der Waals surface area (Å²) in [5.74, 6) is 0.386. The van der Waals surface area contributed by atoms with E-state index in [-0.39, 0.29) is 28.2 Å². The third-order valence-electron chi connectivity index (χ3n) is 4.25. The zero-order valence-electron chi connectivity index (χ0n) is 12.2. The van der Waals surface area contributed by atoms with Crippen LogP contribution in [0.5, 0.6) is 11.5 Å². The highest BCUT2D eigenvalue weighted by molar-refractivity contribution is 5.88. The van der Waals surface area contributed by atoms with Crippen molar-refractivity contribution < 1.29 is 14.6 Å². The molecule has 0 radical (unpaired) electrons. The molecule has 1 fully saturated rings. The Kier molecular flexibility index (Phi) is 3.37. The number of rotatable bonds is 1. The van der Waals surface area contributed by atoms with Crippen LogP contribution in [0.15, 0.2) is 21.3 Å². The van der Waals surface area contributed by atoms with Crippen molar-refractivity contribution in [3.05, 3.63) is 33.7 Å². The number of hydrogen-bond acceptors (Lipinski definition) is 5.